The maximum Gasteiger partial charge on any atom is 0.0893 e. The highest BCUT2D eigenvalue weighted by Crippen LogP contribution is 2.25. The second kappa shape index (κ2) is 3.69. The molecule has 0 aromatic carbocycles. The van der Waals surface area contributed by atoms with E-state index in [1.807, 2.05) is 5.38 Å². The zero-order valence-corrected chi connectivity index (χ0v) is 8.43. The van der Waals surface area contributed by atoms with Gasteiger partial charge in [0.25, 0.3) is 0 Å². The van der Waals surface area contributed by atoms with Crippen LogP contribution >= 0.6 is 11.5 Å². The Morgan fingerprint density at radius 1 is 1.69 bits per heavy atom. The molecule has 2 rings (SSSR count). The second-order valence-corrected chi connectivity index (χ2v) is 4.41. The molecule has 0 amide bonds. The van der Waals surface area contributed by atoms with Gasteiger partial charge in [-0.2, -0.15) is 0 Å². The SMILES string of the molecule is CC1(CNCc2csnn2)COC1. The maximum absolute atomic E-state index is 5.16. The Kier molecular flexibility index (Phi) is 2.57. The van der Waals surface area contributed by atoms with E-state index in [9.17, 15) is 0 Å². The third-order valence-corrected chi connectivity index (χ3v) is 2.72. The van der Waals surface area contributed by atoms with E-state index in [0.717, 1.165) is 32.0 Å². The first kappa shape index (κ1) is 9.05. The molecule has 0 spiro atoms. The van der Waals surface area contributed by atoms with Crippen LogP contribution in [0.4, 0.5) is 0 Å². The van der Waals surface area contributed by atoms with Crippen molar-refractivity contribution in [2.24, 2.45) is 5.41 Å². The summed E-state index contributed by atoms with van der Waals surface area (Å²) in [6, 6.07) is 0. The third-order valence-electron chi connectivity index (χ3n) is 2.16. The lowest BCUT2D eigenvalue weighted by Gasteiger charge is -2.38. The fourth-order valence-electron chi connectivity index (χ4n) is 1.31. The summed E-state index contributed by atoms with van der Waals surface area (Å²) in [5, 5.41) is 9.27. The van der Waals surface area contributed by atoms with Gasteiger partial charge < -0.3 is 10.1 Å². The summed E-state index contributed by atoms with van der Waals surface area (Å²) in [5.41, 5.74) is 1.36. The minimum absolute atomic E-state index is 0.337. The van der Waals surface area contributed by atoms with Crippen molar-refractivity contribution in [3.05, 3.63) is 11.1 Å². The van der Waals surface area contributed by atoms with E-state index in [1.165, 1.54) is 11.5 Å². The van der Waals surface area contributed by atoms with E-state index >= 15 is 0 Å². The highest BCUT2D eigenvalue weighted by molar-refractivity contribution is 7.03. The first-order valence-electron chi connectivity index (χ1n) is 4.33. The maximum atomic E-state index is 5.16. The van der Waals surface area contributed by atoms with E-state index in [2.05, 4.69) is 21.8 Å². The normalized spacial score (nSPS) is 19.8. The minimum atomic E-state index is 0.337. The van der Waals surface area contributed by atoms with Crippen molar-refractivity contribution >= 4 is 11.5 Å². The molecule has 1 aliphatic rings. The van der Waals surface area contributed by atoms with Crippen LogP contribution in [0, 0.1) is 5.41 Å². The van der Waals surface area contributed by atoms with Crippen molar-refractivity contribution < 1.29 is 4.74 Å². The van der Waals surface area contributed by atoms with Gasteiger partial charge in [-0.15, -0.1) is 5.10 Å². The van der Waals surface area contributed by atoms with Crippen molar-refractivity contribution in [1.29, 1.82) is 0 Å². The first-order valence-corrected chi connectivity index (χ1v) is 5.17. The topological polar surface area (TPSA) is 47.0 Å². The van der Waals surface area contributed by atoms with Crippen LogP contribution in [0.3, 0.4) is 0 Å². The molecule has 0 saturated carbocycles. The first-order chi connectivity index (χ1) is 6.29. The number of aromatic nitrogens is 2. The van der Waals surface area contributed by atoms with Crippen LogP contribution in [0.1, 0.15) is 12.6 Å². The molecule has 1 aliphatic heterocycles. The average Bonchev–Trinajstić information content (AvgIpc) is 2.54. The smallest absolute Gasteiger partial charge is 0.0893 e. The molecule has 1 fully saturated rings. The van der Waals surface area contributed by atoms with Crippen molar-refractivity contribution in [2.75, 3.05) is 19.8 Å². The summed E-state index contributed by atoms with van der Waals surface area (Å²) in [6.45, 7) is 5.77. The van der Waals surface area contributed by atoms with Gasteiger partial charge in [0.1, 0.15) is 0 Å². The lowest BCUT2D eigenvalue weighted by Crippen LogP contribution is -2.47. The number of nitrogens with zero attached hydrogens (tertiary/aromatic N) is 2. The molecule has 0 atom stereocenters. The zero-order chi connectivity index (χ0) is 9.15. The van der Waals surface area contributed by atoms with E-state index in [0.29, 0.717) is 5.41 Å². The van der Waals surface area contributed by atoms with Gasteiger partial charge in [-0.05, 0) is 11.5 Å². The van der Waals surface area contributed by atoms with Gasteiger partial charge >= 0.3 is 0 Å². The Morgan fingerprint density at radius 3 is 3.08 bits per heavy atom. The van der Waals surface area contributed by atoms with Gasteiger partial charge in [0, 0.05) is 23.9 Å². The van der Waals surface area contributed by atoms with E-state index in [-0.39, 0.29) is 0 Å². The molecule has 4 nitrogen and oxygen atoms in total. The van der Waals surface area contributed by atoms with Crippen molar-refractivity contribution in [2.45, 2.75) is 13.5 Å². The number of nitrogens with one attached hydrogen (secondary N) is 1. The van der Waals surface area contributed by atoms with Crippen molar-refractivity contribution in [1.82, 2.24) is 14.9 Å². The van der Waals surface area contributed by atoms with E-state index in [4.69, 9.17) is 4.74 Å². The predicted molar refractivity (Wildman–Crippen MR) is 50.5 cm³/mol. The molecule has 1 aromatic heterocycles. The summed E-state index contributed by atoms with van der Waals surface area (Å²) in [7, 11) is 0. The number of hydrogen-bond acceptors (Lipinski definition) is 5. The van der Waals surface area contributed by atoms with Gasteiger partial charge in [-0.1, -0.05) is 11.4 Å². The molecule has 0 bridgehead atoms. The van der Waals surface area contributed by atoms with Crippen LogP contribution in [0.15, 0.2) is 5.38 Å². The monoisotopic (exact) mass is 199 g/mol. The van der Waals surface area contributed by atoms with Crippen molar-refractivity contribution in [3.63, 3.8) is 0 Å². The van der Waals surface area contributed by atoms with Crippen LogP contribution in [-0.4, -0.2) is 29.3 Å². The molecule has 0 aliphatic carbocycles. The molecular formula is C8H13N3OS. The third kappa shape index (κ3) is 2.24. The summed E-state index contributed by atoms with van der Waals surface area (Å²) in [5.74, 6) is 0. The van der Waals surface area contributed by atoms with Crippen LogP contribution in [0.25, 0.3) is 0 Å². The molecule has 1 aromatic rings. The van der Waals surface area contributed by atoms with Gasteiger partial charge in [-0.25, -0.2) is 0 Å². The van der Waals surface area contributed by atoms with E-state index < -0.39 is 0 Å². The molecule has 2 heterocycles. The molecule has 0 radical (unpaired) electrons. The minimum Gasteiger partial charge on any atom is -0.380 e. The molecule has 5 heteroatoms. The lowest BCUT2D eigenvalue weighted by atomic mass is 9.89. The van der Waals surface area contributed by atoms with Gasteiger partial charge in [-0.3, -0.25) is 0 Å². The number of hydrogen-bond donors (Lipinski definition) is 1. The van der Waals surface area contributed by atoms with Gasteiger partial charge in [0.15, 0.2) is 0 Å². The Bertz CT molecular complexity index is 258. The van der Waals surface area contributed by atoms with Crippen LogP contribution in [0.2, 0.25) is 0 Å². The van der Waals surface area contributed by atoms with E-state index in [1.54, 1.807) is 0 Å². The Morgan fingerprint density at radius 2 is 2.54 bits per heavy atom. The number of ether oxygens (including phenoxy) is 1. The highest BCUT2D eigenvalue weighted by Gasteiger charge is 2.32. The standard InChI is InChI=1S/C8H13N3OS/c1-8(5-12-6-8)4-9-2-7-3-13-11-10-7/h3,9H,2,4-6H2,1H3. The molecular weight excluding hydrogens is 186 g/mol. The Balaban J connectivity index is 1.69. The molecule has 0 unspecified atom stereocenters. The molecule has 13 heavy (non-hydrogen) atoms. The second-order valence-electron chi connectivity index (χ2n) is 3.80. The fourth-order valence-corrected chi connectivity index (χ4v) is 1.76. The average molecular weight is 199 g/mol. The van der Waals surface area contributed by atoms with Crippen LogP contribution in [0.5, 0.6) is 0 Å². The Labute approximate surface area is 81.5 Å². The molecule has 1 N–H and O–H groups in total. The lowest BCUT2D eigenvalue weighted by molar-refractivity contribution is -0.0991. The van der Waals surface area contributed by atoms with Crippen LogP contribution in [-0.2, 0) is 11.3 Å². The Hall–Kier alpha value is -0.520. The number of rotatable bonds is 4. The summed E-state index contributed by atoms with van der Waals surface area (Å²) in [6.07, 6.45) is 0. The summed E-state index contributed by atoms with van der Waals surface area (Å²) in [4.78, 5) is 0. The molecule has 1 saturated heterocycles. The predicted octanol–water partition coefficient (Wildman–Crippen LogP) is 0.664. The highest BCUT2D eigenvalue weighted by atomic mass is 32.1. The summed E-state index contributed by atoms with van der Waals surface area (Å²) >= 11 is 1.39. The van der Waals surface area contributed by atoms with Gasteiger partial charge in [0.2, 0.25) is 0 Å². The van der Waals surface area contributed by atoms with Gasteiger partial charge in [0.05, 0.1) is 18.9 Å². The largest absolute Gasteiger partial charge is 0.380 e. The zero-order valence-electron chi connectivity index (χ0n) is 7.62. The fraction of sp³-hybridized carbons (Fsp3) is 0.750. The molecule has 72 valence electrons. The van der Waals surface area contributed by atoms with Crippen molar-refractivity contribution in [3.8, 4) is 0 Å². The summed E-state index contributed by atoms with van der Waals surface area (Å²) < 4.78 is 8.96. The quantitative estimate of drug-likeness (QED) is 0.774. The van der Waals surface area contributed by atoms with Crippen LogP contribution < -0.4 is 5.32 Å².